The molecule has 0 bridgehead atoms. The standard InChI is InChI=1S/C41H66O13/c1-36(2)13-14-40(35(49)50)15-16-41(20-43)21(22(40)17-36)7-8-26-38(5)11-10-27(37(3,4)25(38)9-12-39(26,41)6)53-34-32(28(45)23(44)19-51-34)54-33-31(48)30(47)29(46)24(18-42)52-33/h7,22-34,42-48H,8-20H2,1-6H3,(H,49,50)/t22-,23-,24+,25-,26+,27-,28-,29+,30-,31+,32+,33-,34-,38-,39+,40-,41-/m0/s1. The number of ether oxygens (including phenoxy) is 4. The molecule has 17 atom stereocenters. The van der Waals surface area contributed by atoms with E-state index in [1.54, 1.807) is 0 Å². The van der Waals surface area contributed by atoms with Crippen LogP contribution in [0.1, 0.15) is 106 Å². The molecule has 13 nitrogen and oxygen atoms in total. The van der Waals surface area contributed by atoms with Gasteiger partial charge in [-0.1, -0.05) is 53.2 Å². The van der Waals surface area contributed by atoms with E-state index >= 15 is 0 Å². The van der Waals surface area contributed by atoms with Crippen molar-refractivity contribution in [2.24, 2.45) is 50.2 Å². The van der Waals surface area contributed by atoms with Gasteiger partial charge in [-0.3, -0.25) is 4.79 Å². The van der Waals surface area contributed by atoms with Crippen LogP contribution in [0.25, 0.3) is 0 Å². The fourth-order valence-electron chi connectivity index (χ4n) is 13.5. The zero-order valence-corrected chi connectivity index (χ0v) is 32.9. The minimum absolute atomic E-state index is 0.0113. The van der Waals surface area contributed by atoms with E-state index in [-0.39, 0.29) is 58.7 Å². The summed E-state index contributed by atoms with van der Waals surface area (Å²) < 4.78 is 24.2. The van der Waals surface area contributed by atoms with Crippen LogP contribution in [0.3, 0.4) is 0 Å². The molecule has 13 heteroatoms. The molecule has 2 heterocycles. The highest BCUT2D eigenvalue weighted by atomic mass is 16.8. The van der Waals surface area contributed by atoms with Crippen LogP contribution in [-0.2, 0) is 23.7 Å². The molecule has 8 N–H and O–H groups in total. The van der Waals surface area contributed by atoms with Gasteiger partial charge in [-0.15, -0.1) is 0 Å². The van der Waals surface area contributed by atoms with Crippen molar-refractivity contribution >= 4 is 5.97 Å². The fraction of sp³-hybridized carbons (Fsp3) is 0.927. The first-order valence-electron chi connectivity index (χ1n) is 20.4. The molecule has 0 aromatic rings. The van der Waals surface area contributed by atoms with Gasteiger partial charge >= 0.3 is 5.97 Å². The number of aliphatic hydroxyl groups excluding tert-OH is 7. The Morgan fingerprint density at radius 3 is 2.19 bits per heavy atom. The number of hydrogen-bond donors (Lipinski definition) is 8. The van der Waals surface area contributed by atoms with Gasteiger partial charge in [0.2, 0.25) is 0 Å². The number of hydrogen-bond acceptors (Lipinski definition) is 12. The second kappa shape index (κ2) is 14.0. The van der Waals surface area contributed by atoms with Gasteiger partial charge in [-0.05, 0) is 104 Å². The van der Waals surface area contributed by atoms with Gasteiger partial charge in [0.05, 0.1) is 31.3 Å². The second-order valence-electron chi connectivity index (χ2n) is 20.1. The van der Waals surface area contributed by atoms with Gasteiger partial charge in [0.25, 0.3) is 0 Å². The first-order valence-corrected chi connectivity index (χ1v) is 20.4. The van der Waals surface area contributed by atoms with E-state index in [0.717, 1.165) is 38.5 Å². The summed E-state index contributed by atoms with van der Waals surface area (Å²) in [4.78, 5) is 13.1. The maximum Gasteiger partial charge on any atom is 0.310 e. The lowest BCUT2D eigenvalue weighted by Gasteiger charge is -2.71. The molecule has 0 spiro atoms. The van der Waals surface area contributed by atoms with Gasteiger partial charge in [0.15, 0.2) is 12.6 Å². The molecule has 0 aromatic carbocycles. The molecule has 2 aliphatic heterocycles. The van der Waals surface area contributed by atoms with Crippen LogP contribution in [0.2, 0.25) is 0 Å². The molecule has 308 valence electrons. The molecule has 0 radical (unpaired) electrons. The number of carboxylic acids is 1. The Balaban J connectivity index is 1.14. The van der Waals surface area contributed by atoms with Crippen LogP contribution in [0, 0.1) is 50.2 Å². The Morgan fingerprint density at radius 1 is 0.815 bits per heavy atom. The Labute approximate surface area is 319 Å². The molecule has 4 saturated carbocycles. The predicted molar refractivity (Wildman–Crippen MR) is 193 cm³/mol. The Hall–Kier alpha value is -1.23. The summed E-state index contributed by atoms with van der Waals surface area (Å²) in [5.74, 6) is -0.319. The van der Waals surface area contributed by atoms with Crippen molar-refractivity contribution in [3.63, 3.8) is 0 Å². The summed E-state index contributed by atoms with van der Waals surface area (Å²) in [6.45, 7) is 12.9. The number of allylic oxidation sites excluding steroid dienone is 1. The molecule has 54 heavy (non-hydrogen) atoms. The van der Waals surface area contributed by atoms with Gasteiger partial charge < -0.3 is 59.8 Å². The number of carboxylic acid groups (broad SMARTS) is 1. The second-order valence-corrected chi connectivity index (χ2v) is 20.1. The van der Waals surface area contributed by atoms with E-state index in [4.69, 9.17) is 18.9 Å². The highest BCUT2D eigenvalue weighted by Gasteiger charge is 2.71. The van der Waals surface area contributed by atoms with Crippen molar-refractivity contribution in [3.8, 4) is 0 Å². The number of carbonyl (C=O) groups is 1. The summed E-state index contributed by atoms with van der Waals surface area (Å²) in [5, 5.41) is 84.9. The van der Waals surface area contributed by atoms with Crippen molar-refractivity contribution in [1.82, 2.24) is 0 Å². The molecule has 7 rings (SSSR count). The average Bonchev–Trinajstić information content (AvgIpc) is 3.11. The van der Waals surface area contributed by atoms with E-state index in [9.17, 15) is 45.6 Å². The fourth-order valence-corrected chi connectivity index (χ4v) is 13.5. The number of fused-ring (bicyclic) bond motifs is 7. The van der Waals surface area contributed by atoms with E-state index in [2.05, 4.69) is 47.6 Å². The SMILES string of the molecule is CC1(C)CC[C@]2(C(=O)O)CC[C@]3(CO)C(=CC[C@@H]4[C@@]5(C)CC[C@H](O[C@@H]6OC[C@H](O)[C@H](O)[C@H]6O[C@@H]6O[C@H](CO)[C@@H](O)[C@H](O)[C@H]6O)C(C)(C)[C@@H]5CC[C@]43C)[C@@H]2C1. The van der Waals surface area contributed by atoms with Gasteiger partial charge in [-0.25, -0.2) is 0 Å². The summed E-state index contributed by atoms with van der Waals surface area (Å²) in [6.07, 6.45) is -3.27. The number of rotatable bonds is 7. The number of aliphatic hydroxyl groups is 7. The van der Waals surface area contributed by atoms with Crippen molar-refractivity contribution in [2.45, 2.75) is 167 Å². The summed E-state index contributed by atoms with van der Waals surface area (Å²) >= 11 is 0. The zero-order valence-electron chi connectivity index (χ0n) is 32.9. The van der Waals surface area contributed by atoms with Crippen LogP contribution < -0.4 is 0 Å². The lowest BCUT2D eigenvalue weighted by atomic mass is 9.33. The summed E-state index contributed by atoms with van der Waals surface area (Å²) in [6, 6.07) is 0. The maximum atomic E-state index is 13.1. The molecule has 0 amide bonds. The summed E-state index contributed by atoms with van der Waals surface area (Å²) in [7, 11) is 0. The third kappa shape index (κ3) is 5.92. The zero-order chi connectivity index (χ0) is 39.4. The molecule has 5 aliphatic carbocycles. The first kappa shape index (κ1) is 40.9. The van der Waals surface area contributed by atoms with E-state index in [0.29, 0.717) is 25.7 Å². The minimum Gasteiger partial charge on any atom is -0.481 e. The quantitative estimate of drug-likeness (QED) is 0.138. The maximum absolute atomic E-state index is 13.1. The van der Waals surface area contributed by atoms with Gasteiger partial charge in [-0.2, -0.15) is 0 Å². The largest absolute Gasteiger partial charge is 0.481 e. The minimum atomic E-state index is -1.71. The van der Waals surface area contributed by atoms with Crippen molar-refractivity contribution < 1.29 is 64.6 Å². The molecule has 0 unspecified atom stereocenters. The first-order chi connectivity index (χ1) is 25.2. The van der Waals surface area contributed by atoms with Crippen LogP contribution in [0.15, 0.2) is 11.6 Å². The average molecular weight is 767 g/mol. The highest BCUT2D eigenvalue weighted by Crippen LogP contribution is 2.76. The highest BCUT2D eigenvalue weighted by molar-refractivity contribution is 5.76. The van der Waals surface area contributed by atoms with Crippen LogP contribution >= 0.6 is 0 Å². The third-order valence-electron chi connectivity index (χ3n) is 16.8. The summed E-state index contributed by atoms with van der Waals surface area (Å²) in [5.41, 5.74) is -0.780. The smallest absolute Gasteiger partial charge is 0.310 e. The van der Waals surface area contributed by atoms with Crippen LogP contribution in [-0.4, -0.2) is 128 Å². The van der Waals surface area contributed by atoms with Gasteiger partial charge in [0.1, 0.15) is 42.7 Å². The molecule has 7 aliphatic rings. The van der Waals surface area contributed by atoms with E-state index in [1.807, 2.05) is 0 Å². The normalized spacial score (nSPS) is 52.5. The monoisotopic (exact) mass is 766 g/mol. The molecule has 2 saturated heterocycles. The molecular formula is C41H66O13. The van der Waals surface area contributed by atoms with Crippen LogP contribution in [0.5, 0.6) is 0 Å². The van der Waals surface area contributed by atoms with E-state index < -0.39 is 78.7 Å². The van der Waals surface area contributed by atoms with Crippen molar-refractivity contribution in [3.05, 3.63) is 11.6 Å². The van der Waals surface area contributed by atoms with E-state index in [1.165, 1.54) is 5.57 Å². The topological polar surface area (TPSA) is 216 Å². The predicted octanol–water partition coefficient (Wildman–Crippen LogP) is 2.49. The molecule has 6 fully saturated rings. The van der Waals surface area contributed by atoms with Gasteiger partial charge in [0, 0.05) is 5.41 Å². The Bertz CT molecular complexity index is 1450. The lowest BCUT2D eigenvalue weighted by molar-refractivity contribution is -0.367. The van der Waals surface area contributed by atoms with Crippen molar-refractivity contribution in [2.75, 3.05) is 19.8 Å². The third-order valence-corrected chi connectivity index (χ3v) is 16.8. The Kier molecular flexibility index (Phi) is 10.6. The van der Waals surface area contributed by atoms with Crippen molar-refractivity contribution in [1.29, 1.82) is 0 Å². The molecule has 0 aromatic heterocycles. The molecular weight excluding hydrogens is 700 g/mol. The number of aliphatic carboxylic acids is 1. The van der Waals surface area contributed by atoms with Crippen LogP contribution in [0.4, 0.5) is 0 Å². The lowest BCUT2D eigenvalue weighted by Crippen LogP contribution is -2.67. The Morgan fingerprint density at radius 2 is 1.52 bits per heavy atom.